The first-order chi connectivity index (χ1) is 5.77. The second-order valence-corrected chi connectivity index (χ2v) is 3.57. The summed E-state index contributed by atoms with van der Waals surface area (Å²) in [5, 5.41) is 0. The molecule has 0 bridgehead atoms. The van der Waals surface area contributed by atoms with E-state index in [2.05, 4.69) is 44.7 Å². The highest BCUT2D eigenvalue weighted by molar-refractivity contribution is 7.80. The molecule has 1 aromatic rings. The molecule has 0 heterocycles. The first kappa shape index (κ1) is 9.66. The average Bonchev–Trinajstić information content (AvgIpc) is 2.05. The minimum Gasteiger partial charge on any atom is -0.143 e. The lowest BCUT2D eigenvalue weighted by atomic mass is 10.0. The molecule has 0 aliphatic heterocycles. The van der Waals surface area contributed by atoms with Gasteiger partial charge in [-0.05, 0) is 36.1 Å². The van der Waals surface area contributed by atoms with Gasteiger partial charge in [-0.1, -0.05) is 26.3 Å². The van der Waals surface area contributed by atoms with Crippen LogP contribution in [0.4, 0.5) is 0 Å². The van der Waals surface area contributed by atoms with E-state index < -0.39 is 0 Å². The van der Waals surface area contributed by atoms with E-state index in [4.69, 9.17) is 0 Å². The Morgan fingerprint density at radius 1 is 1.17 bits per heavy atom. The molecule has 1 heteroatoms. The Balaban J connectivity index is 2.95. The zero-order valence-corrected chi connectivity index (χ0v) is 8.70. The van der Waals surface area contributed by atoms with Gasteiger partial charge in [-0.2, -0.15) is 0 Å². The van der Waals surface area contributed by atoms with Crippen molar-refractivity contribution in [3.63, 3.8) is 0 Å². The quantitative estimate of drug-likeness (QED) is 0.676. The molecule has 0 saturated heterocycles. The fourth-order valence-electron chi connectivity index (χ4n) is 1.46. The second kappa shape index (κ2) is 4.56. The van der Waals surface area contributed by atoms with Crippen molar-refractivity contribution in [2.24, 2.45) is 0 Å². The molecule has 1 rings (SSSR count). The molecular formula is C11H16S. The predicted octanol–water partition coefficient (Wildman–Crippen LogP) is 3.49. The topological polar surface area (TPSA) is 0 Å². The summed E-state index contributed by atoms with van der Waals surface area (Å²) < 4.78 is 0. The Labute approximate surface area is 80.4 Å². The molecule has 0 aliphatic carbocycles. The molecule has 0 aromatic heterocycles. The number of thiol groups is 1. The van der Waals surface area contributed by atoms with Crippen molar-refractivity contribution in [2.45, 2.75) is 38.0 Å². The maximum atomic E-state index is 4.33. The molecule has 0 N–H and O–H groups in total. The van der Waals surface area contributed by atoms with Gasteiger partial charge in [-0.3, -0.25) is 0 Å². The molecule has 0 saturated carbocycles. The third-order valence-corrected chi connectivity index (χ3v) is 2.37. The fraction of sp³-hybridized carbons (Fsp3) is 0.455. The summed E-state index contributed by atoms with van der Waals surface area (Å²) in [5.74, 6) is 0. The predicted molar refractivity (Wildman–Crippen MR) is 57.1 cm³/mol. The van der Waals surface area contributed by atoms with Gasteiger partial charge < -0.3 is 0 Å². The molecule has 0 aliphatic rings. The molecular weight excluding hydrogens is 164 g/mol. The maximum absolute atomic E-state index is 4.33. The number of rotatable bonds is 3. The number of hydrogen-bond donors (Lipinski definition) is 1. The van der Waals surface area contributed by atoms with Crippen LogP contribution in [0, 0.1) is 0 Å². The van der Waals surface area contributed by atoms with E-state index in [0.717, 1.165) is 11.3 Å². The molecule has 0 spiro atoms. The summed E-state index contributed by atoms with van der Waals surface area (Å²) in [6.45, 7) is 4.41. The number of hydrogen-bond acceptors (Lipinski definition) is 1. The minimum atomic E-state index is 1.08. The van der Waals surface area contributed by atoms with E-state index >= 15 is 0 Å². The van der Waals surface area contributed by atoms with Gasteiger partial charge in [0.25, 0.3) is 0 Å². The lowest BCUT2D eigenvalue weighted by Crippen LogP contribution is -1.91. The fourth-order valence-corrected chi connectivity index (χ4v) is 1.69. The molecule has 0 unspecified atom stereocenters. The first-order valence-electron chi connectivity index (χ1n) is 4.58. The highest BCUT2D eigenvalue weighted by Crippen LogP contribution is 2.16. The van der Waals surface area contributed by atoms with E-state index in [1.165, 1.54) is 24.0 Å². The van der Waals surface area contributed by atoms with Crippen LogP contribution in [0.15, 0.2) is 23.1 Å². The summed E-state index contributed by atoms with van der Waals surface area (Å²) in [6.07, 6.45) is 3.52. The van der Waals surface area contributed by atoms with Crippen LogP contribution in [-0.4, -0.2) is 0 Å². The second-order valence-electron chi connectivity index (χ2n) is 3.06. The van der Waals surface area contributed by atoms with E-state index in [-0.39, 0.29) is 0 Å². The van der Waals surface area contributed by atoms with E-state index in [0.29, 0.717) is 0 Å². The Kier molecular flexibility index (Phi) is 3.67. The molecule has 66 valence electrons. The lowest BCUT2D eigenvalue weighted by Gasteiger charge is -2.06. The maximum Gasteiger partial charge on any atom is 0.00429 e. The monoisotopic (exact) mass is 180 g/mol. The van der Waals surface area contributed by atoms with Crippen molar-refractivity contribution in [2.75, 3.05) is 0 Å². The highest BCUT2D eigenvalue weighted by atomic mass is 32.1. The van der Waals surface area contributed by atoms with Crippen molar-refractivity contribution in [3.8, 4) is 0 Å². The van der Waals surface area contributed by atoms with Crippen molar-refractivity contribution < 1.29 is 0 Å². The molecule has 0 radical (unpaired) electrons. The minimum absolute atomic E-state index is 1.08. The molecule has 0 fully saturated rings. The van der Waals surface area contributed by atoms with Gasteiger partial charge in [-0.15, -0.1) is 12.6 Å². The van der Waals surface area contributed by atoms with Gasteiger partial charge in [0.05, 0.1) is 0 Å². The van der Waals surface area contributed by atoms with Crippen molar-refractivity contribution >= 4 is 12.6 Å². The largest absolute Gasteiger partial charge is 0.143 e. The van der Waals surface area contributed by atoms with Crippen LogP contribution in [0.25, 0.3) is 0 Å². The van der Waals surface area contributed by atoms with E-state index in [9.17, 15) is 0 Å². The van der Waals surface area contributed by atoms with E-state index in [1.54, 1.807) is 0 Å². The standard InChI is InChI=1S/C11H16S/c1-3-5-10-8-11(12)7-6-9(10)4-2/h6-8,12H,3-5H2,1-2H3. The zero-order chi connectivity index (χ0) is 8.97. The Hall–Kier alpha value is -0.430. The Bertz CT molecular complexity index is 253. The van der Waals surface area contributed by atoms with Gasteiger partial charge >= 0.3 is 0 Å². The molecule has 0 nitrogen and oxygen atoms in total. The van der Waals surface area contributed by atoms with Crippen molar-refractivity contribution in [3.05, 3.63) is 29.3 Å². The summed E-state index contributed by atoms with van der Waals surface area (Å²) >= 11 is 4.33. The van der Waals surface area contributed by atoms with Crippen LogP contribution in [0.1, 0.15) is 31.4 Å². The normalized spacial score (nSPS) is 10.2. The Morgan fingerprint density at radius 3 is 2.50 bits per heavy atom. The molecule has 0 amide bonds. The van der Waals surface area contributed by atoms with Crippen LogP contribution in [-0.2, 0) is 12.8 Å². The highest BCUT2D eigenvalue weighted by Gasteiger charge is 1.99. The third kappa shape index (κ3) is 2.28. The van der Waals surface area contributed by atoms with Crippen LogP contribution < -0.4 is 0 Å². The summed E-state index contributed by atoms with van der Waals surface area (Å²) in [7, 11) is 0. The van der Waals surface area contributed by atoms with Gasteiger partial charge in [-0.25, -0.2) is 0 Å². The summed E-state index contributed by atoms with van der Waals surface area (Å²) in [4.78, 5) is 1.08. The van der Waals surface area contributed by atoms with Crippen LogP contribution in [0.3, 0.4) is 0 Å². The summed E-state index contributed by atoms with van der Waals surface area (Å²) in [6, 6.07) is 6.44. The molecule has 1 aromatic carbocycles. The molecule has 12 heavy (non-hydrogen) atoms. The average molecular weight is 180 g/mol. The lowest BCUT2D eigenvalue weighted by molar-refractivity contribution is 0.894. The van der Waals surface area contributed by atoms with Crippen molar-refractivity contribution in [1.29, 1.82) is 0 Å². The van der Waals surface area contributed by atoms with Gasteiger partial charge in [0.2, 0.25) is 0 Å². The molecule has 0 atom stereocenters. The Morgan fingerprint density at radius 2 is 1.92 bits per heavy atom. The number of benzene rings is 1. The van der Waals surface area contributed by atoms with E-state index in [1.807, 2.05) is 0 Å². The van der Waals surface area contributed by atoms with Gasteiger partial charge in [0.1, 0.15) is 0 Å². The van der Waals surface area contributed by atoms with Gasteiger partial charge in [0.15, 0.2) is 0 Å². The van der Waals surface area contributed by atoms with Crippen molar-refractivity contribution in [1.82, 2.24) is 0 Å². The third-order valence-electron chi connectivity index (χ3n) is 2.09. The number of aryl methyl sites for hydroxylation is 2. The van der Waals surface area contributed by atoms with Gasteiger partial charge in [0, 0.05) is 4.90 Å². The van der Waals surface area contributed by atoms with Crippen LogP contribution >= 0.6 is 12.6 Å². The van der Waals surface area contributed by atoms with Crippen LogP contribution in [0.5, 0.6) is 0 Å². The SMILES string of the molecule is CCCc1cc(S)ccc1CC. The summed E-state index contributed by atoms with van der Waals surface area (Å²) in [5.41, 5.74) is 2.93. The smallest absolute Gasteiger partial charge is 0.00429 e. The first-order valence-corrected chi connectivity index (χ1v) is 5.03. The van der Waals surface area contributed by atoms with Crippen LogP contribution in [0.2, 0.25) is 0 Å². The zero-order valence-electron chi connectivity index (χ0n) is 7.80.